The van der Waals surface area contributed by atoms with Crippen LogP contribution in [0.15, 0.2) is 24.3 Å². The van der Waals surface area contributed by atoms with E-state index in [9.17, 15) is 4.79 Å². The van der Waals surface area contributed by atoms with Crippen molar-refractivity contribution in [2.75, 3.05) is 18.0 Å². The SMILES string of the molecule is CC(C)(C)NC(=O)CN1CCC(N)c2ccccc21. The van der Waals surface area contributed by atoms with E-state index >= 15 is 0 Å². The molecule has 0 saturated carbocycles. The molecule has 19 heavy (non-hydrogen) atoms. The van der Waals surface area contributed by atoms with E-state index in [1.807, 2.05) is 45.0 Å². The van der Waals surface area contributed by atoms with Gasteiger partial charge in [-0.25, -0.2) is 0 Å². The Labute approximate surface area is 115 Å². The smallest absolute Gasteiger partial charge is 0.239 e. The molecule has 1 aliphatic heterocycles. The van der Waals surface area contributed by atoms with E-state index < -0.39 is 0 Å². The first kappa shape index (κ1) is 13.9. The molecule has 1 aromatic rings. The Balaban J connectivity index is 2.11. The molecular weight excluding hydrogens is 238 g/mol. The fraction of sp³-hybridized carbons (Fsp3) is 0.533. The van der Waals surface area contributed by atoms with Gasteiger partial charge in [-0.1, -0.05) is 18.2 Å². The van der Waals surface area contributed by atoms with Crippen LogP contribution in [0.25, 0.3) is 0 Å². The molecule has 1 heterocycles. The molecule has 1 aromatic carbocycles. The molecule has 0 spiro atoms. The molecule has 0 aromatic heterocycles. The molecule has 1 aliphatic rings. The minimum absolute atomic E-state index is 0.0535. The second kappa shape index (κ2) is 5.21. The first-order valence-corrected chi connectivity index (χ1v) is 6.77. The number of carbonyl (C=O) groups is 1. The number of carbonyl (C=O) groups excluding carboxylic acids is 1. The van der Waals surface area contributed by atoms with Gasteiger partial charge in [0.15, 0.2) is 0 Å². The lowest BCUT2D eigenvalue weighted by Gasteiger charge is -2.34. The van der Waals surface area contributed by atoms with E-state index in [0.29, 0.717) is 6.54 Å². The van der Waals surface area contributed by atoms with Crippen LogP contribution in [-0.2, 0) is 4.79 Å². The number of rotatable bonds is 2. The van der Waals surface area contributed by atoms with Crippen LogP contribution in [0.5, 0.6) is 0 Å². The molecule has 1 amide bonds. The van der Waals surface area contributed by atoms with Gasteiger partial charge in [-0.05, 0) is 38.8 Å². The van der Waals surface area contributed by atoms with Gasteiger partial charge in [0.2, 0.25) is 5.91 Å². The lowest BCUT2D eigenvalue weighted by atomic mass is 9.97. The molecule has 0 saturated heterocycles. The molecule has 2 rings (SSSR count). The van der Waals surface area contributed by atoms with Crippen molar-refractivity contribution in [3.8, 4) is 0 Å². The standard InChI is InChI=1S/C15H23N3O/c1-15(2,3)17-14(19)10-18-9-8-12(16)11-6-4-5-7-13(11)18/h4-7,12H,8-10,16H2,1-3H3,(H,17,19). The predicted octanol–water partition coefficient (Wildman–Crippen LogP) is 1.81. The van der Waals surface area contributed by atoms with Gasteiger partial charge >= 0.3 is 0 Å². The maximum absolute atomic E-state index is 12.0. The van der Waals surface area contributed by atoms with Gasteiger partial charge in [-0.2, -0.15) is 0 Å². The largest absolute Gasteiger partial charge is 0.362 e. The van der Waals surface area contributed by atoms with E-state index in [2.05, 4.69) is 10.2 Å². The topological polar surface area (TPSA) is 58.4 Å². The number of fused-ring (bicyclic) bond motifs is 1. The van der Waals surface area contributed by atoms with Crippen LogP contribution in [0.1, 0.15) is 38.8 Å². The summed E-state index contributed by atoms with van der Waals surface area (Å²) in [5, 5.41) is 3.00. The van der Waals surface area contributed by atoms with Crippen molar-refractivity contribution in [2.24, 2.45) is 5.73 Å². The summed E-state index contributed by atoms with van der Waals surface area (Å²) in [6.07, 6.45) is 0.889. The number of amides is 1. The summed E-state index contributed by atoms with van der Waals surface area (Å²) in [5.41, 5.74) is 8.15. The fourth-order valence-corrected chi connectivity index (χ4v) is 2.46. The lowest BCUT2D eigenvalue weighted by molar-refractivity contribution is -0.121. The Morgan fingerprint density at radius 1 is 1.42 bits per heavy atom. The average molecular weight is 261 g/mol. The van der Waals surface area contributed by atoms with Crippen molar-refractivity contribution in [3.05, 3.63) is 29.8 Å². The monoisotopic (exact) mass is 261 g/mol. The number of nitrogens with zero attached hydrogens (tertiary/aromatic N) is 1. The van der Waals surface area contributed by atoms with Gasteiger partial charge in [-0.15, -0.1) is 0 Å². The van der Waals surface area contributed by atoms with Crippen molar-refractivity contribution >= 4 is 11.6 Å². The number of nitrogens with two attached hydrogens (primary N) is 1. The van der Waals surface area contributed by atoms with E-state index in [0.717, 1.165) is 24.2 Å². The number of para-hydroxylation sites is 1. The molecule has 104 valence electrons. The highest BCUT2D eigenvalue weighted by Gasteiger charge is 2.24. The Bertz CT molecular complexity index is 465. The number of benzene rings is 1. The normalized spacial score (nSPS) is 18.9. The van der Waals surface area contributed by atoms with Crippen LogP contribution in [0, 0.1) is 0 Å². The first-order chi connectivity index (χ1) is 8.87. The summed E-state index contributed by atoms with van der Waals surface area (Å²) in [4.78, 5) is 14.1. The highest BCUT2D eigenvalue weighted by Crippen LogP contribution is 2.31. The maximum atomic E-state index is 12.0. The molecule has 0 radical (unpaired) electrons. The molecule has 0 aliphatic carbocycles. The van der Waals surface area contributed by atoms with E-state index in [1.54, 1.807) is 0 Å². The molecule has 1 unspecified atom stereocenters. The quantitative estimate of drug-likeness (QED) is 0.853. The first-order valence-electron chi connectivity index (χ1n) is 6.77. The third-order valence-corrected chi connectivity index (χ3v) is 3.24. The minimum atomic E-state index is -0.192. The summed E-state index contributed by atoms with van der Waals surface area (Å²) < 4.78 is 0. The zero-order valence-corrected chi connectivity index (χ0v) is 11.9. The Hall–Kier alpha value is -1.55. The molecule has 3 N–H and O–H groups in total. The van der Waals surface area contributed by atoms with Gasteiger partial charge in [0.1, 0.15) is 0 Å². The molecular formula is C15H23N3O. The van der Waals surface area contributed by atoms with Crippen molar-refractivity contribution in [1.29, 1.82) is 0 Å². The highest BCUT2D eigenvalue weighted by molar-refractivity contribution is 5.82. The third kappa shape index (κ3) is 3.47. The summed E-state index contributed by atoms with van der Waals surface area (Å²) in [7, 11) is 0. The van der Waals surface area contributed by atoms with Crippen LogP contribution < -0.4 is 16.0 Å². The zero-order chi connectivity index (χ0) is 14.0. The molecule has 4 nitrogen and oxygen atoms in total. The zero-order valence-electron chi connectivity index (χ0n) is 11.9. The number of hydrogen-bond donors (Lipinski definition) is 2. The molecule has 0 bridgehead atoms. The van der Waals surface area contributed by atoms with Crippen molar-refractivity contribution in [2.45, 2.75) is 38.8 Å². The Kier molecular flexibility index (Phi) is 3.80. The van der Waals surface area contributed by atoms with Crippen LogP contribution in [0.3, 0.4) is 0 Å². The van der Waals surface area contributed by atoms with Crippen LogP contribution >= 0.6 is 0 Å². The summed E-state index contributed by atoms with van der Waals surface area (Å²) in [6, 6.07) is 8.16. The van der Waals surface area contributed by atoms with Gasteiger partial charge in [-0.3, -0.25) is 4.79 Å². The number of hydrogen-bond acceptors (Lipinski definition) is 3. The van der Waals surface area contributed by atoms with Gasteiger partial charge < -0.3 is 16.0 Å². The summed E-state index contributed by atoms with van der Waals surface area (Å²) in [5.74, 6) is 0.0535. The van der Waals surface area contributed by atoms with Crippen molar-refractivity contribution in [1.82, 2.24) is 5.32 Å². The van der Waals surface area contributed by atoms with Gasteiger partial charge in [0.05, 0.1) is 6.54 Å². The van der Waals surface area contributed by atoms with Crippen LogP contribution in [0.4, 0.5) is 5.69 Å². The second-order valence-corrected chi connectivity index (χ2v) is 6.17. The van der Waals surface area contributed by atoms with E-state index in [1.165, 1.54) is 0 Å². The molecule has 0 fully saturated rings. The number of anilines is 1. The molecule has 4 heteroatoms. The Morgan fingerprint density at radius 2 is 2.11 bits per heavy atom. The lowest BCUT2D eigenvalue weighted by Crippen LogP contribution is -2.47. The third-order valence-electron chi connectivity index (χ3n) is 3.24. The average Bonchev–Trinajstić information content (AvgIpc) is 2.31. The van der Waals surface area contributed by atoms with Crippen molar-refractivity contribution in [3.63, 3.8) is 0 Å². The highest BCUT2D eigenvalue weighted by atomic mass is 16.2. The predicted molar refractivity (Wildman–Crippen MR) is 78.1 cm³/mol. The van der Waals surface area contributed by atoms with Gasteiger partial charge in [0.25, 0.3) is 0 Å². The summed E-state index contributed by atoms with van der Waals surface area (Å²) in [6.45, 7) is 7.19. The van der Waals surface area contributed by atoms with Crippen molar-refractivity contribution < 1.29 is 4.79 Å². The minimum Gasteiger partial charge on any atom is -0.362 e. The summed E-state index contributed by atoms with van der Waals surface area (Å²) >= 11 is 0. The van der Waals surface area contributed by atoms with Gasteiger partial charge in [0, 0.05) is 23.8 Å². The maximum Gasteiger partial charge on any atom is 0.239 e. The van der Waals surface area contributed by atoms with E-state index in [-0.39, 0.29) is 17.5 Å². The fourth-order valence-electron chi connectivity index (χ4n) is 2.46. The number of nitrogens with one attached hydrogen (secondary N) is 1. The van der Waals surface area contributed by atoms with Crippen LogP contribution in [-0.4, -0.2) is 24.5 Å². The van der Waals surface area contributed by atoms with Crippen LogP contribution in [0.2, 0.25) is 0 Å². The second-order valence-electron chi connectivity index (χ2n) is 6.17. The Morgan fingerprint density at radius 3 is 2.79 bits per heavy atom. The molecule has 1 atom stereocenters. The van der Waals surface area contributed by atoms with E-state index in [4.69, 9.17) is 5.73 Å².